The first-order valence-electron chi connectivity index (χ1n) is 4.72. The average Bonchev–Trinajstić information content (AvgIpc) is 2.29. The number of carbonyl (C=O) groups is 1. The van der Waals surface area contributed by atoms with Crippen LogP contribution in [0, 0.1) is 0 Å². The van der Waals surface area contributed by atoms with Crippen LogP contribution in [0.4, 0.5) is 0 Å². The molecule has 4 nitrogen and oxygen atoms in total. The van der Waals surface area contributed by atoms with Crippen LogP contribution >= 0.6 is 0 Å². The van der Waals surface area contributed by atoms with Crippen LogP contribution < -0.4 is 10.1 Å². The van der Waals surface area contributed by atoms with Gasteiger partial charge >= 0.3 is 0 Å². The molecule has 1 N–H and O–H groups in total. The monoisotopic (exact) mass is 209 g/mol. The van der Waals surface area contributed by atoms with Gasteiger partial charge in [0.1, 0.15) is 12.4 Å². The molecular formula is C11H15NO3. The largest absolute Gasteiger partial charge is 0.491 e. The minimum absolute atomic E-state index is 0.118. The summed E-state index contributed by atoms with van der Waals surface area (Å²) in [5, 5.41) is 2.56. The Morgan fingerprint density at radius 3 is 2.87 bits per heavy atom. The minimum Gasteiger partial charge on any atom is -0.491 e. The van der Waals surface area contributed by atoms with Gasteiger partial charge in [0.15, 0.2) is 0 Å². The van der Waals surface area contributed by atoms with Crippen molar-refractivity contribution in [2.24, 2.45) is 0 Å². The van der Waals surface area contributed by atoms with Crippen LogP contribution in [-0.4, -0.2) is 33.3 Å². The van der Waals surface area contributed by atoms with E-state index in [-0.39, 0.29) is 5.91 Å². The lowest BCUT2D eigenvalue weighted by atomic mass is 10.2. The molecule has 82 valence electrons. The zero-order valence-electron chi connectivity index (χ0n) is 8.95. The van der Waals surface area contributed by atoms with Gasteiger partial charge in [0, 0.05) is 19.7 Å². The third-order valence-corrected chi connectivity index (χ3v) is 1.88. The topological polar surface area (TPSA) is 47.6 Å². The van der Waals surface area contributed by atoms with Crippen LogP contribution in [0.3, 0.4) is 0 Å². The predicted molar refractivity (Wildman–Crippen MR) is 57.2 cm³/mol. The maximum absolute atomic E-state index is 11.3. The van der Waals surface area contributed by atoms with Crippen LogP contribution in [0.1, 0.15) is 10.4 Å². The summed E-state index contributed by atoms with van der Waals surface area (Å²) < 4.78 is 10.2. The average molecular weight is 209 g/mol. The van der Waals surface area contributed by atoms with E-state index in [2.05, 4.69) is 5.32 Å². The van der Waals surface area contributed by atoms with E-state index >= 15 is 0 Å². The number of carbonyl (C=O) groups excluding carboxylic acids is 1. The molecule has 1 rings (SSSR count). The van der Waals surface area contributed by atoms with Crippen molar-refractivity contribution >= 4 is 5.91 Å². The standard InChI is InChI=1S/C11H15NO3/c1-12-11(13)9-4-3-5-10(8-9)15-7-6-14-2/h3-5,8H,6-7H2,1-2H3,(H,12,13). The molecule has 1 aromatic rings. The van der Waals surface area contributed by atoms with E-state index in [4.69, 9.17) is 9.47 Å². The van der Waals surface area contributed by atoms with Gasteiger partial charge in [-0.15, -0.1) is 0 Å². The summed E-state index contributed by atoms with van der Waals surface area (Å²) >= 11 is 0. The first kappa shape index (κ1) is 11.5. The molecule has 0 heterocycles. The molecular weight excluding hydrogens is 194 g/mol. The quantitative estimate of drug-likeness (QED) is 0.738. The molecule has 0 aliphatic rings. The molecule has 0 aliphatic heterocycles. The summed E-state index contributed by atoms with van der Waals surface area (Å²) in [7, 11) is 3.21. The van der Waals surface area contributed by atoms with Crippen LogP contribution in [0.2, 0.25) is 0 Å². The summed E-state index contributed by atoms with van der Waals surface area (Å²) in [5.74, 6) is 0.556. The van der Waals surface area contributed by atoms with Crippen molar-refractivity contribution in [1.82, 2.24) is 5.32 Å². The lowest BCUT2D eigenvalue weighted by molar-refractivity contribution is 0.0962. The molecule has 0 unspecified atom stereocenters. The fourth-order valence-corrected chi connectivity index (χ4v) is 1.11. The molecule has 0 fully saturated rings. The zero-order chi connectivity index (χ0) is 11.1. The fourth-order valence-electron chi connectivity index (χ4n) is 1.11. The lowest BCUT2D eigenvalue weighted by Crippen LogP contribution is -2.17. The number of hydrogen-bond donors (Lipinski definition) is 1. The molecule has 0 spiro atoms. The van der Waals surface area contributed by atoms with Crippen LogP contribution in [0.5, 0.6) is 5.75 Å². The molecule has 0 aliphatic carbocycles. The molecule has 0 saturated carbocycles. The SMILES string of the molecule is CNC(=O)c1cccc(OCCOC)c1. The Bertz CT molecular complexity index is 325. The molecule has 1 aromatic carbocycles. The number of methoxy groups -OCH3 is 1. The zero-order valence-corrected chi connectivity index (χ0v) is 8.95. The molecule has 0 aromatic heterocycles. The fraction of sp³-hybridized carbons (Fsp3) is 0.364. The van der Waals surface area contributed by atoms with Crippen molar-refractivity contribution in [3.8, 4) is 5.75 Å². The van der Waals surface area contributed by atoms with Crippen LogP contribution in [-0.2, 0) is 4.74 Å². The van der Waals surface area contributed by atoms with Gasteiger partial charge in [-0.2, -0.15) is 0 Å². The molecule has 4 heteroatoms. The molecule has 0 radical (unpaired) electrons. The Kier molecular flexibility index (Phi) is 4.63. The Morgan fingerprint density at radius 1 is 1.40 bits per heavy atom. The van der Waals surface area contributed by atoms with Gasteiger partial charge in [0.25, 0.3) is 5.91 Å². The predicted octanol–water partition coefficient (Wildman–Crippen LogP) is 1.07. The number of rotatable bonds is 5. The minimum atomic E-state index is -0.118. The maximum Gasteiger partial charge on any atom is 0.251 e. The summed E-state index contributed by atoms with van der Waals surface area (Å²) in [6, 6.07) is 7.03. The molecule has 0 bridgehead atoms. The maximum atomic E-state index is 11.3. The highest BCUT2D eigenvalue weighted by Crippen LogP contribution is 2.12. The van der Waals surface area contributed by atoms with Crippen molar-refractivity contribution in [1.29, 1.82) is 0 Å². The Balaban J connectivity index is 2.62. The third-order valence-electron chi connectivity index (χ3n) is 1.88. The molecule has 0 saturated heterocycles. The second-order valence-electron chi connectivity index (χ2n) is 2.95. The highest BCUT2D eigenvalue weighted by atomic mass is 16.5. The number of nitrogens with one attached hydrogen (secondary N) is 1. The van der Waals surface area contributed by atoms with Gasteiger partial charge in [0.2, 0.25) is 0 Å². The summed E-state index contributed by atoms with van der Waals surface area (Å²) in [5.41, 5.74) is 0.590. The van der Waals surface area contributed by atoms with Crippen molar-refractivity contribution in [2.75, 3.05) is 27.4 Å². The summed E-state index contributed by atoms with van der Waals surface area (Å²) in [6.45, 7) is 1.01. The molecule has 0 atom stereocenters. The van der Waals surface area contributed by atoms with E-state index in [1.807, 2.05) is 6.07 Å². The molecule has 15 heavy (non-hydrogen) atoms. The second-order valence-corrected chi connectivity index (χ2v) is 2.95. The van der Waals surface area contributed by atoms with Gasteiger partial charge in [-0.25, -0.2) is 0 Å². The van der Waals surface area contributed by atoms with E-state index < -0.39 is 0 Å². The van der Waals surface area contributed by atoms with Gasteiger partial charge in [0.05, 0.1) is 6.61 Å². The number of benzene rings is 1. The number of ether oxygens (including phenoxy) is 2. The van der Waals surface area contributed by atoms with E-state index in [0.29, 0.717) is 24.5 Å². The summed E-state index contributed by atoms with van der Waals surface area (Å²) in [4.78, 5) is 11.3. The second kappa shape index (κ2) is 6.03. The van der Waals surface area contributed by atoms with Crippen molar-refractivity contribution < 1.29 is 14.3 Å². The van der Waals surface area contributed by atoms with E-state index in [9.17, 15) is 4.79 Å². The van der Waals surface area contributed by atoms with E-state index in [1.54, 1.807) is 32.4 Å². The van der Waals surface area contributed by atoms with E-state index in [1.165, 1.54) is 0 Å². The van der Waals surface area contributed by atoms with Crippen molar-refractivity contribution in [3.63, 3.8) is 0 Å². The third kappa shape index (κ3) is 3.59. The Hall–Kier alpha value is -1.55. The molecule has 1 amide bonds. The lowest BCUT2D eigenvalue weighted by Gasteiger charge is -2.06. The van der Waals surface area contributed by atoms with Crippen molar-refractivity contribution in [3.05, 3.63) is 29.8 Å². The Morgan fingerprint density at radius 2 is 2.20 bits per heavy atom. The van der Waals surface area contributed by atoms with Gasteiger partial charge in [-0.1, -0.05) is 6.07 Å². The summed E-state index contributed by atoms with van der Waals surface area (Å²) in [6.07, 6.45) is 0. The highest BCUT2D eigenvalue weighted by molar-refractivity contribution is 5.94. The van der Waals surface area contributed by atoms with Crippen LogP contribution in [0.25, 0.3) is 0 Å². The normalized spacial score (nSPS) is 9.73. The number of amides is 1. The van der Waals surface area contributed by atoms with Crippen LogP contribution in [0.15, 0.2) is 24.3 Å². The van der Waals surface area contributed by atoms with Gasteiger partial charge < -0.3 is 14.8 Å². The first-order valence-corrected chi connectivity index (χ1v) is 4.72. The van der Waals surface area contributed by atoms with Gasteiger partial charge in [-0.3, -0.25) is 4.79 Å². The smallest absolute Gasteiger partial charge is 0.251 e. The first-order chi connectivity index (χ1) is 7.27. The van der Waals surface area contributed by atoms with Crippen molar-refractivity contribution in [2.45, 2.75) is 0 Å². The highest BCUT2D eigenvalue weighted by Gasteiger charge is 2.03. The number of hydrogen-bond acceptors (Lipinski definition) is 3. The van der Waals surface area contributed by atoms with E-state index in [0.717, 1.165) is 0 Å². The Labute approximate surface area is 89.2 Å². The van der Waals surface area contributed by atoms with Gasteiger partial charge in [-0.05, 0) is 18.2 Å².